The van der Waals surface area contributed by atoms with Gasteiger partial charge in [-0.05, 0) is 61.1 Å². The largest absolute Gasteiger partial charge is 0.478 e. The quantitative estimate of drug-likeness (QED) is 0.637. The van der Waals surface area contributed by atoms with E-state index < -0.39 is 12.1 Å². The number of hydrogen-bond acceptors (Lipinski definition) is 4. The highest BCUT2D eigenvalue weighted by Crippen LogP contribution is 2.17. The molecule has 0 spiro atoms. The van der Waals surface area contributed by atoms with E-state index in [1.807, 2.05) is 29.3 Å². The molecular formula is C23H27ClN2O4. The number of carboxylic acid groups (broad SMARTS) is 1. The van der Waals surface area contributed by atoms with Crippen LogP contribution in [0, 0.1) is 0 Å². The zero-order valence-corrected chi connectivity index (χ0v) is 17.6. The minimum Gasteiger partial charge on any atom is -0.478 e. The molecule has 6 nitrogen and oxygen atoms in total. The van der Waals surface area contributed by atoms with Crippen molar-refractivity contribution >= 4 is 23.5 Å². The Labute approximate surface area is 181 Å². The molecule has 160 valence electrons. The number of nitrogens with zero attached hydrogens (tertiary/aromatic N) is 2. The number of hydrazine groups is 1. The zero-order chi connectivity index (χ0) is 21.5. The van der Waals surface area contributed by atoms with Crippen LogP contribution in [0.3, 0.4) is 0 Å². The van der Waals surface area contributed by atoms with Crippen LogP contribution >= 0.6 is 11.6 Å². The van der Waals surface area contributed by atoms with Gasteiger partial charge < -0.3 is 10.2 Å². The number of hydrogen-bond donors (Lipinski definition) is 2. The molecule has 7 heteroatoms. The summed E-state index contributed by atoms with van der Waals surface area (Å²) in [5.41, 5.74) is 2.23. The summed E-state index contributed by atoms with van der Waals surface area (Å²) < 4.78 is 0. The molecule has 1 heterocycles. The SMILES string of the molecule is O=C(O)c1ccc(CCN2C(=O)CCCN2CCC(O)Cc2cccc(Cl)c2)cc1. The molecular weight excluding hydrogens is 404 g/mol. The number of aliphatic hydroxyl groups excluding tert-OH is 1. The van der Waals surface area contributed by atoms with Crippen LogP contribution in [-0.2, 0) is 17.6 Å². The second kappa shape index (κ2) is 10.6. The predicted molar refractivity (Wildman–Crippen MR) is 115 cm³/mol. The van der Waals surface area contributed by atoms with Crippen molar-refractivity contribution in [1.82, 2.24) is 10.0 Å². The Bertz CT molecular complexity index is 872. The Kier molecular flexibility index (Phi) is 7.85. The van der Waals surface area contributed by atoms with E-state index in [1.165, 1.54) is 0 Å². The van der Waals surface area contributed by atoms with Crippen LogP contribution < -0.4 is 0 Å². The Morgan fingerprint density at radius 3 is 2.57 bits per heavy atom. The summed E-state index contributed by atoms with van der Waals surface area (Å²) in [7, 11) is 0. The van der Waals surface area contributed by atoms with Crippen molar-refractivity contribution in [2.75, 3.05) is 19.6 Å². The molecule has 1 unspecified atom stereocenters. The molecule has 2 aromatic rings. The Morgan fingerprint density at radius 1 is 1.10 bits per heavy atom. The van der Waals surface area contributed by atoms with E-state index in [4.69, 9.17) is 16.7 Å². The molecule has 1 atom stereocenters. The average Bonchev–Trinajstić information content (AvgIpc) is 2.72. The summed E-state index contributed by atoms with van der Waals surface area (Å²) >= 11 is 6.01. The molecule has 1 aliphatic rings. The van der Waals surface area contributed by atoms with E-state index >= 15 is 0 Å². The van der Waals surface area contributed by atoms with Crippen LogP contribution in [-0.4, -0.2) is 57.8 Å². The van der Waals surface area contributed by atoms with Crippen molar-refractivity contribution in [3.8, 4) is 0 Å². The van der Waals surface area contributed by atoms with Crippen LogP contribution in [0.1, 0.15) is 40.7 Å². The van der Waals surface area contributed by atoms with Crippen LogP contribution in [0.25, 0.3) is 0 Å². The lowest BCUT2D eigenvalue weighted by Crippen LogP contribution is -2.52. The monoisotopic (exact) mass is 430 g/mol. The standard InChI is InChI=1S/C23H27ClN2O4/c24-20-4-1-3-18(15-20)16-21(27)11-13-25-12-2-5-22(28)26(25)14-10-17-6-8-19(9-7-17)23(29)30/h1,3-4,6-9,15,21,27H,2,5,10-14,16H2,(H,29,30). The van der Waals surface area contributed by atoms with Crippen LogP contribution in [0.15, 0.2) is 48.5 Å². The number of aliphatic hydroxyl groups is 1. The molecule has 1 amide bonds. The van der Waals surface area contributed by atoms with Gasteiger partial charge in [0.15, 0.2) is 0 Å². The second-order valence-electron chi connectivity index (χ2n) is 7.60. The lowest BCUT2D eigenvalue weighted by Gasteiger charge is -2.39. The number of aromatic carboxylic acids is 1. The van der Waals surface area contributed by atoms with E-state index in [0.29, 0.717) is 43.8 Å². The number of rotatable bonds is 9. The smallest absolute Gasteiger partial charge is 0.335 e. The third kappa shape index (κ3) is 6.29. The highest BCUT2D eigenvalue weighted by atomic mass is 35.5. The molecule has 0 aromatic heterocycles. The molecule has 30 heavy (non-hydrogen) atoms. The van der Waals surface area contributed by atoms with E-state index in [0.717, 1.165) is 24.1 Å². The number of amides is 1. The topological polar surface area (TPSA) is 81.1 Å². The second-order valence-corrected chi connectivity index (χ2v) is 8.04. The van der Waals surface area contributed by atoms with Crippen molar-refractivity contribution in [1.29, 1.82) is 0 Å². The summed E-state index contributed by atoms with van der Waals surface area (Å²) in [6.45, 7) is 1.93. The molecule has 2 aromatic carbocycles. The van der Waals surface area contributed by atoms with Gasteiger partial charge in [0.05, 0.1) is 11.7 Å². The first-order valence-corrected chi connectivity index (χ1v) is 10.6. The Balaban J connectivity index is 1.53. The number of benzene rings is 2. The van der Waals surface area contributed by atoms with Gasteiger partial charge in [0, 0.05) is 31.1 Å². The molecule has 1 saturated heterocycles. The summed E-state index contributed by atoms with van der Waals surface area (Å²) in [5.74, 6) is -0.858. The number of carbonyl (C=O) groups is 2. The van der Waals surface area contributed by atoms with Crippen molar-refractivity contribution in [3.05, 3.63) is 70.2 Å². The minimum absolute atomic E-state index is 0.0905. The van der Waals surface area contributed by atoms with Crippen molar-refractivity contribution < 1.29 is 19.8 Å². The average molecular weight is 431 g/mol. The Morgan fingerprint density at radius 2 is 1.87 bits per heavy atom. The summed E-state index contributed by atoms with van der Waals surface area (Å²) in [6, 6.07) is 14.2. The third-order valence-electron chi connectivity index (χ3n) is 5.33. The number of carbonyl (C=O) groups excluding carboxylic acids is 1. The summed E-state index contributed by atoms with van der Waals surface area (Å²) in [5, 5.41) is 23.9. The van der Waals surface area contributed by atoms with Crippen molar-refractivity contribution in [2.45, 2.75) is 38.2 Å². The maximum absolute atomic E-state index is 12.5. The highest BCUT2D eigenvalue weighted by Gasteiger charge is 2.26. The van der Waals surface area contributed by atoms with Crippen molar-refractivity contribution in [2.24, 2.45) is 0 Å². The van der Waals surface area contributed by atoms with E-state index in [2.05, 4.69) is 0 Å². The van der Waals surface area contributed by atoms with Gasteiger partial charge >= 0.3 is 5.97 Å². The molecule has 3 rings (SSSR count). The van der Waals surface area contributed by atoms with Gasteiger partial charge in [-0.1, -0.05) is 35.9 Å². The predicted octanol–water partition coefficient (Wildman–Crippen LogP) is 3.41. The van der Waals surface area contributed by atoms with Crippen LogP contribution in [0.5, 0.6) is 0 Å². The van der Waals surface area contributed by atoms with Crippen LogP contribution in [0.4, 0.5) is 0 Å². The maximum atomic E-state index is 12.5. The van der Waals surface area contributed by atoms with Gasteiger partial charge in [-0.15, -0.1) is 0 Å². The molecule has 0 radical (unpaired) electrons. The van der Waals surface area contributed by atoms with Gasteiger partial charge in [-0.2, -0.15) is 0 Å². The molecule has 0 bridgehead atoms. The first-order valence-electron chi connectivity index (χ1n) is 10.2. The lowest BCUT2D eigenvalue weighted by atomic mass is 10.1. The third-order valence-corrected chi connectivity index (χ3v) is 5.57. The van der Waals surface area contributed by atoms with E-state index in [9.17, 15) is 14.7 Å². The van der Waals surface area contributed by atoms with Gasteiger partial charge in [0.25, 0.3) is 0 Å². The lowest BCUT2D eigenvalue weighted by molar-refractivity contribution is -0.156. The first-order chi connectivity index (χ1) is 14.4. The van der Waals surface area contributed by atoms with Crippen molar-refractivity contribution in [3.63, 3.8) is 0 Å². The minimum atomic E-state index is -0.949. The molecule has 0 aliphatic carbocycles. The molecule has 2 N–H and O–H groups in total. The fourth-order valence-electron chi connectivity index (χ4n) is 3.70. The fraction of sp³-hybridized carbons (Fsp3) is 0.391. The number of halogens is 1. The fourth-order valence-corrected chi connectivity index (χ4v) is 3.92. The molecule has 0 saturated carbocycles. The van der Waals surface area contributed by atoms with Gasteiger partial charge in [-0.25, -0.2) is 9.80 Å². The normalized spacial score (nSPS) is 15.9. The van der Waals surface area contributed by atoms with Gasteiger partial charge in [0.2, 0.25) is 5.91 Å². The maximum Gasteiger partial charge on any atom is 0.335 e. The van der Waals surface area contributed by atoms with E-state index in [-0.39, 0.29) is 11.5 Å². The Hall–Kier alpha value is -2.41. The van der Waals surface area contributed by atoms with Gasteiger partial charge in [-0.3, -0.25) is 9.80 Å². The first kappa shape index (κ1) is 22.3. The highest BCUT2D eigenvalue weighted by molar-refractivity contribution is 6.30. The number of carboxylic acids is 1. The zero-order valence-electron chi connectivity index (χ0n) is 16.8. The van der Waals surface area contributed by atoms with Gasteiger partial charge in [0.1, 0.15) is 0 Å². The summed E-state index contributed by atoms with van der Waals surface area (Å²) in [6.07, 6.45) is 2.56. The van der Waals surface area contributed by atoms with E-state index in [1.54, 1.807) is 29.3 Å². The van der Waals surface area contributed by atoms with Crippen LogP contribution in [0.2, 0.25) is 5.02 Å². The molecule has 1 fully saturated rings. The summed E-state index contributed by atoms with van der Waals surface area (Å²) in [4.78, 5) is 23.4. The molecule has 1 aliphatic heterocycles.